The smallest absolute Gasteiger partial charge is 0.264 e. The Morgan fingerprint density at radius 2 is 1.94 bits per heavy atom. The van der Waals surface area contributed by atoms with Gasteiger partial charge < -0.3 is 19.5 Å². The van der Waals surface area contributed by atoms with Crippen LogP contribution >= 0.6 is 11.3 Å². The SMILES string of the molecule is CCCCC(=O)Nc1ccc(N(C)C)c(CN(Cc2ccco2)C(=O)c2cccs2)c1. The van der Waals surface area contributed by atoms with E-state index in [0.717, 1.165) is 35.5 Å². The number of hydrogen-bond donors (Lipinski definition) is 1. The molecule has 1 N–H and O–H groups in total. The van der Waals surface area contributed by atoms with Crippen molar-refractivity contribution >= 4 is 34.5 Å². The van der Waals surface area contributed by atoms with Gasteiger partial charge in [-0.3, -0.25) is 9.59 Å². The molecule has 0 spiro atoms. The van der Waals surface area contributed by atoms with Gasteiger partial charge in [-0.05, 0) is 53.8 Å². The quantitative estimate of drug-likeness (QED) is 0.461. The Bertz CT molecular complexity index is 982. The molecular formula is C24H29N3O3S. The standard InChI is InChI=1S/C24H29N3O3S/c1-4-5-10-23(28)25-19-11-12-21(26(2)3)18(15-19)16-27(17-20-8-6-13-30-20)24(29)22-9-7-14-31-22/h6-9,11-15H,4-5,10,16-17H2,1-3H3,(H,25,28). The molecule has 0 fully saturated rings. The second kappa shape index (κ2) is 10.8. The highest BCUT2D eigenvalue weighted by molar-refractivity contribution is 7.12. The first kappa shape index (κ1) is 22.6. The fraction of sp³-hybridized carbons (Fsp3) is 0.333. The van der Waals surface area contributed by atoms with Gasteiger partial charge in [-0.25, -0.2) is 0 Å². The number of hydrogen-bond acceptors (Lipinski definition) is 5. The topological polar surface area (TPSA) is 65.8 Å². The molecule has 0 radical (unpaired) electrons. The van der Waals surface area contributed by atoms with Gasteiger partial charge in [0.25, 0.3) is 5.91 Å². The predicted molar refractivity (Wildman–Crippen MR) is 126 cm³/mol. The van der Waals surface area contributed by atoms with E-state index in [-0.39, 0.29) is 11.8 Å². The summed E-state index contributed by atoms with van der Waals surface area (Å²) in [5, 5.41) is 4.88. The minimum atomic E-state index is -0.0477. The van der Waals surface area contributed by atoms with Gasteiger partial charge in [-0.2, -0.15) is 0 Å². The maximum atomic E-state index is 13.2. The number of benzene rings is 1. The lowest BCUT2D eigenvalue weighted by atomic mass is 10.1. The van der Waals surface area contributed by atoms with Crippen molar-refractivity contribution in [1.29, 1.82) is 0 Å². The van der Waals surface area contributed by atoms with E-state index in [1.807, 2.05) is 66.8 Å². The average Bonchev–Trinajstić information content (AvgIpc) is 3.45. The highest BCUT2D eigenvalue weighted by Crippen LogP contribution is 2.27. The van der Waals surface area contributed by atoms with Crippen LogP contribution in [0, 0.1) is 0 Å². The minimum Gasteiger partial charge on any atom is -0.467 e. The molecule has 0 unspecified atom stereocenters. The molecule has 2 aromatic heterocycles. The van der Waals surface area contributed by atoms with E-state index in [4.69, 9.17) is 4.42 Å². The van der Waals surface area contributed by atoms with Crippen molar-refractivity contribution in [1.82, 2.24) is 4.90 Å². The van der Waals surface area contributed by atoms with Crippen LogP contribution < -0.4 is 10.2 Å². The Hall–Kier alpha value is -3.06. The van der Waals surface area contributed by atoms with Crippen molar-refractivity contribution in [2.45, 2.75) is 39.3 Å². The van der Waals surface area contributed by atoms with E-state index in [0.29, 0.717) is 24.4 Å². The molecule has 0 saturated heterocycles. The molecule has 0 aliphatic heterocycles. The van der Waals surface area contributed by atoms with Crippen LogP contribution in [0.25, 0.3) is 0 Å². The number of nitrogens with zero attached hydrogens (tertiary/aromatic N) is 2. The van der Waals surface area contributed by atoms with Crippen LogP contribution in [-0.4, -0.2) is 30.8 Å². The van der Waals surface area contributed by atoms with Crippen molar-refractivity contribution in [3.63, 3.8) is 0 Å². The first-order valence-electron chi connectivity index (χ1n) is 10.4. The Balaban J connectivity index is 1.88. The molecule has 0 atom stereocenters. The number of carbonyl (C=O) groups is 2. The van der Waals surface area contributed by atoms with Gasteiger partial charge in [0.15, 0.2) is 0 Å². The fourth-order valence-corrected chi connectivity index (χ4v) is 4.03. The van der Waals surface area contributed by atoms with Crippen molar-refractivity contribution in [2.24, 2.45) is 0 Å². The monoisotopic (exact) mass is 439 g/mol. The zero-order valence-corrected chi connectivity index (χ0v) is 19.1. The van der Waals surface area contributed by atoms with Crippen LogP contribution in [0.5, 0.6) is 0 Å². The third kappa shape index (κ3) is 6.21. The summed E-state index contributed by atoms with van der Waals surface area (Å²) in [6.07, 6.45) is 3.95. The highest BCUT2D eigenvalue weighted by Gasteiger charge is 2.21. The molecule has 7 heteroatoms. The summed E-state index contributed by atoms with van der Waals surface area (Å²) < 4.78 is 5.50. The number of unbranched alkanes of at least 4 members (excludes halogenated alkanes) is 1. The van der Waals surface area contributed by atoms with Crippen molar-refractivity contribution in [2.75, 3.05) is 24.3 Å². The third-order valence-corrected chi connectivity index (χ3v) is 5.77. The lowest BCUT2D eigenvalue weighted by Crippen LogP contribution is -2.30. The molecule has 2 amide bonds. The van der Waals surface area contributed by atoms with Crippen LogP contribution in [0.3, 0.4) is 0 Å². The number of thiophene rings is 1. The zero-order valence-electron chi connectivity index (χ0n) is 18.3. The molecule has 0 aliphatic carbocycles. The zero-order chi connectivity index (χ0) is 22.2. The number of rotatable bonds is 10. The van der Waals surface area contributed by atoms with E-state index < -0.39 is 0 Å². The summed E-state index contributed by atoms with van der Waals surface area (Å²) in [7, 11) is 3.94. The molecular weight excluding hydrogens is 410 g/mol. The van der Waals surface area contributed by atoms with Crippen LogP contribution in [0.15, 0.2) is 58.5 Å². The van der Waals surface area contributed by atoms with Crippen molar-refractivity contribution in [3.8, 4) is 0 Å². The minimum absolute atomic E-state index is 0.00695. The van der Waals surface area contributed by atoms with Gasteiger partial charge in [0, 0.05) is 38.4 Å². The number of amides is 2. The number of carbonyl (C=O) groups excluding carboxylic acids is 2. The maximum absolute atomic E-state index is 13.2. The first-order chi connectivity index (χ1) is 15.0. The molecule has 6 nitrogen and oxygen atoms in total. The second-order valence-electron chi connectivity index (χ2n) is 7.61. The summed E-state index contributed by atoms with van der Waals surface area (Å²) in [6.45, 7) is 2.82. The molecule has 2 heterocycles. The molecule has 3 rings (SSSR count). The van der Waals surface area contributed by atoms with E-state index >= 15 is 0 Å². The summed E-state index contributed by atoms with van der Waals surface area (Å²) in [4.78, 5) is 29.9. The molecule has 1 aromatic carbocycles. The molecule has 0 bridgehead atoms. The summed E-state index contributed by atoms with van der Waals surface area (Å²) >= 11 is 1.42. The molecule has 0 saturated carbocycles. The van der Waals surface area contributed by atoms with Crippen LogP contribution in [0.4, 0.5) is 11.4 Å². The van der Waals surface area contributed by atoms with E-state index in [2.05, 4.69) is 12.2 Å². The van der Waals surface area contributed by atoms with Crippen LogP contribution in [0.1, 0.15) is 47.2 Å². The third-order valence-electron chi connectivity index (χ3n) is 4.91. The van der Waals surface area contributed by atoms with Gasteiger partial charge in [-0.15, -0.1) is 11.3 Å². The largest absolute Gasteiger partial charge is 0.467 e. The Morgan fingerprint density at radius 1 is 1.10 bits per heavy atom. The second-order valence-corrected chi connectivity index (χ2v) is 8.56. The summed E-state index contributed by atoms with van der Waals surface area (Å²) in [5.74, 6) is 0.682. The van der Waals surface area contributed by atoms with E-state index in [1.165, 1.54) is 11.3 Å². The normalized spacial score (nSPS) is 10.7. The lowest BCUT2D eigenvalue weighted by molar-refractivity contribution is -0.116. The van der Waals surface area contributed by atoms with Gasteiger partial charge in [0.05, 0.1) is 17.7 Å². The lowest BCUT2D eigenvalue weighted by Gasteiger charge is -2.25. The van der Waals surface area contributed by atoms with Gasteiger partial charge >= 0.3 is 0 Å². The summed E-state index contributed by atoms with van der Waals surface area (Å²) in [6, 6.07) is 13.2. The first-order valence-corrected chi connectivity index (χ1v) is 11.3. The summed E-state index contributed by atoms with van der Waals surface area (Å²) in [5.41, 5.74) is 2.69. The molecule has 0 aliphatic rings. The van der Waals surface area contributed by atoms with Crippen LogP contribution in [-0.2, 0) is 17.9 Å². The maximum Gasteiger partial charge on any atom is 0.264 e. The van der Waals surface area contributed by atoms with Gasteiger partial charge in [0.1, 0.15) is 5.76 Å². The highest BCUT2D eigenvalue weighted by atomic mass is 32.1. The Morgan fingerprint density at radius 3 is 2.58 bits per heavy atom. The Kier molecular flexibility index (Phi) is 7.89. The van der Waals surface area contributed by atoms with Gasteiger partial charge in [-0.1, -0.05) is 19.4 Å². The Labute approximate surface area is 187 Å². The average molecular weight is 440 g/mol. The molecule has 31 heavy (non-hydrogen) atoms. The van der Waals surface area contributed by atoms with Crippen molar-refractivity contribution < 1.29 is 14.0 Å². The van der Waals surface area contributed by atoms with Crippen LogP contribution in [0.2, 0.25) is 0 Å². The fourth-order valence-electron chi connectivity index (χ4n) is 3.34. The molecule has 164 valence electrons. The number of nitrogens with one attached hydrogen (secondary N) is 1. The molecule has 3 aromatic rings. The van der Waals surface area contributed by atoms with Gasteiger partial charge in [0.2, 0.25) is 5.91 Å². The number of furan rings is 1. The van der Waals surface area contributed by atoms with E-state index in [1.54, 1.807) is 11.2 Å². The number of anilines is 2. The van der Waals surface area contributed by atoms with E-state index in [9.17, 15) is 9.59 Å². The van der Waals surface area contributed by atoms with Crippen molar-refractivity contribution in [3.05, 3.63) is 70.3 Å². The predicted octanol–water partition coefficient (Wildman–Crippen LogP) is 5.38.